The predicted octanol–water partition coefficient (Wildman–Crippen LogP) is 2.14. The van der Waals surface area contributed by atoms with E-state index in [4.69, 9.17) is 5.73 Å². The summed E-state index contributed by atoms with van der Waals surface area (Å²) >= 11 is 0. The first-order valence-electron chi connectivity index (χ1n) is 5.84. The molecule has 3 nitrogen and oxygen atoms in total. The highest BCUT2D eigenvalue weighted by Gasteiger charge is 2.30. The maximum Gasteiger partial charge on any atom is 0.256 e. The number of rotatable bonds is 1. The number of carbonyl (C=O) groups is 1. The van der Waals surface area contributed by atoms with Crippen molar-refractivity contribution in [2.24, 2.45) is 11.8 Å². The smallest absolute Gasteiger partial charge is 0.256 e. The van der Waals surface area contributed by atoms with Gasteiger partial charge in [0.15, 0.2) is 0 Å². The Morgan fingerprint density at radius 3 is 2.53 bits per heavy atom. The maximum atomic E-state index is 13.3. The Labute approximate surface area is 100 Å². The normalized spacial score (nSPS) is 24.1. The minimum atomic E-state index is -0.531. The molecule has 0 spiro atoms. The van der Waals surface area contributed by atoms with Gasteiger partial charge in [0.2, 0.25) is 0 Å². The number of benzene rings is 1. The van der Waals surface area contributed by atoms with Crippen molar-refractivity contribution >= 4 is 11.6 Å². The van der Waals surface area contributed by atoms with Crippen LogP contribution >= 0.6 is 0 Å². The number of carbonyl (C=O) groups excluding carboxylic acids is 1. The van der Waals surface area contributed by atoms with Crippen LogP contribution in [0.3, 0.4) is 0 Å². The Morgan fingerprint density at radius 2 is 1.94 bits per heavy atom. The summed E-state index contributed by atoms with van der Waals surface area (Å²) in [7, 11) is 0. The molecule has 0 radical (unpaired) electrons. The van der Waals surface area contributed by atoms with Crippen LogP contribution in [0.5, 0.6) is 0 Å². The molecule has 17 heavy (non-hydrogen) atoms. The van der Waals surface area contributed by atoms with E-state index in [1.54, 1.807) is 11.0 Å². The predicted molar refractivity (Wildman–Crippen MR) is 65.0 cm³/mol. The van der Waals surface area contributed by atoms with E-state index in [1.807, 2.05) is 0 Å². The second-order valence-corrected chi connectivity index (χ2v) is 4.87. The molecule has 0 saturated carbocycles. The lowest BCUT2D eigenvalue weighted by Crippen LogP contribution is -2.29. The summed E-state index contributed by atoms with van der Waals surface area (Å²) in [6.45, 7) is 5.67. The summed E-state index contributed by atoms with van der Waals surface area (Å²) in [4.78, 5) is 13.9. The highest BCUT2D eigenvalue weighted by molar-refractivity contribution is 5.99. The van der Waals surface area contributed by atoms with Crippen LogP contribution in [-0.2, 0) is 0 Å². The summed E-state index contributed by atoms with van der Waals surface area (Å²) < 4.78 is 13.3. The largest absolute Gasteiger partial charge is 0.396 e. The average Bonchev–Trinajstić information content (AvgIpc) is 2.62. The molecule has 2 unspecified atom stereocenters. The molecule has 2 rings (SSSR count). The number of likely N-dealkylation sites (tertiary alicyclic amines) is 1. The van der Waals surface area contributed by atoms with Crippen LogP contribution < -0.4 is 5.73 Å². The van der Waals surface area contributed by atoms with Crippen molar-refractivity contribution < 1.29 is 9.18 Å². The zero-order chi connectivity index (χ0) is 12.6. The van der Waals surface area contributed by atoms with Crippen LogP contribution in [0.2, 0.25) is 0 Å². The van der Waals surface area contributed by atoms with Crippen molar-refractivity contribution in [1.82, 2.24) is 4.90 Å². The van der Waals surface area contributed by atoms with Gasteiger partial charge in [-0.05, 0) is 24.0 Å². The number of para-hydroxylation sites is 1. The summed E-state index contributed by atoms with van der Waals surface area (Å²) in [5.41, 5.74) is 5.82. The maximum absolute atomic E-state index is 13.3. The zero-order valence-electron chi connectivity index (χ0n) is 10.1. The van der Waals surface area contributed by atoms with E-state index < -0.39 is 5.82 Å². The lowest BCUT2D eigenvalue weighted by Gasteiger charge is -2.17. The fourth-order valence-electron chi connectivity index (χ4n) is 2.19. The van der Waals surface area contributed by atoms with E-state index in [1.165, 1.54) is 12.1 Å². The molecule has 2 N–H and O–H groups in total. The third-order valence-electron chi connectivity index (χ3n) is 3.56. The fraction of sp³-hybridized carbons (Fsp3) is 0.462. The van der Waals surface area contributed by atoms with Gasteiger partial charge in [0.05, 0.1) is 11.3 Å². The summed E-state index contributed by atoms with van der Waals surface area (Å²) in [6, 6.07) is 4.36. The van der Waals surface area contributed by atoms with E-state index in [9.17, 15) is 9.18 Å². The number of hydrogen-bond acceptors (Lipinski definition) is 2. The molecule has 1 aromatic carbocycles. The van der Waals surface area contributed by atoms with Crippen molar-refractivity contribution in [3.05, 3.63) is 29.6 Å². The Kier molecular flexibility index (Phi) is 3.05. The van der Waals surface area contributed by atoms with Crippen LogP contribution in [0.4, 0.5) is 10.1 Å². The van der Waals surface area contributed by atoms with Gasteiger partial charge in [0, 0.05) is 13.1 Å². The van der Waals surface area contributed by atoms with Crippen molar-refractivity contribution in [3.63, 3.8) is 0 Å². The van der Waals surface area contributed by atoms with Crippen LogP contribution in [0.25, 0.3) is 0 Å². The summed E-state index contributed by atoms with van der Waals surface area (Å²) in [6.07, 6.45) is 0. The Morgan fingerprint density at radius 1 is 1.35 bits per heavy atom. The van der Waals surface area contributed by atoms with Crippen LogP contribution in [0.15, 0.2) is 18.2 Å². The number of halogens is 1. The van der Waals surface area contributed by atoms with E-state index >= 15 is 0 Å². The third-order valence-corrected chi connectivity index (χ3v) is 3.56. The van der Waals surface area contributed by atoms with Gasteiger partial charge in [-0.25, -0.2) is 4.39 Å². The molecule has 1 amide bonds. The van der Waals surface area contributed by atoms with Crippen LogP contribution in [-0.4, -0.2) is 23.9 Å². The molecule has 0 bridgehead atoms. The molecule has 1 heterocycles. The number of amides is 1. The molecule has 92 valence electrons. The van der Waals surface area contributed by atoms with Gasteiger partial charge in [0.1, 0.15) is 5.82 Å². The molecule has 4 heteroatoms. The minimum Gasteiger partial charge on any atom is -0.396 e. The Balaban J connectivity index is 2.24. The third kappa shape index (κ3) is 2.12. The molecule has 2 atom stereocenters. The van der Waals surface area contributed by atoms with Crippen molar-refractivity contribution in [1.29, 1.82) is 0 Å². The number of anilines is 1. The van der Waals surface area contributed by atoms with Gasteiger partial charge < -0.3 is 10.6 Å². The minimum absolute atomic E-state index is 0.0512. The highest BCUT2D eigenvalue weighted by Crippen LogP contribution is 2.25. The molecule has 1 fully saturated rings. The molecule has 1 aliphatic heterocycles. The van der Waals surface area contributed by atoms with Crippen molar-refractivity contribution in [2.45, 2.75) is 13.8 Å². The van der Waals surface area contributed by atoms with Gasteiger partial charge in [-0.1, -0.05) is 19.9 Å². The number of nitrogen functional groups attached to an aromatic ring is 1. The standard InChI is InChI=1S/C13H17FN2O/c1-8-6-16(7-9(8)2)13(17)10-4-3-5-11(14)12(10)15/h3-5,8-9H,6-7,15H2,1-2H3. The summed E-state index contributed by atoms with van der Waals surface area (Å²) in [5.74, 6) is 0.261. The lowest BCUT2D eigenvalue weighted by atomic mass is 10.0. The van der Waals surface area contributed by atoms with Crippen LogP contribution in [0.1, 0.15) is 24.2 Å². The second-order valence-electron chi connectivity index (χ2n) is 4.87. The molecular formula is C13H17FN2O. The Hall–Kier alpha value is -1.58. The van der Waals surface area contributed by atoms with Gasteiger partial charge in [0.25, 0.3) is 5.91 Å². The first kappa shape index (κ1) is 11.9. The molecular weight excluding hydrogens is 219 g/mol. The quantitative estimate of drug-likeness (QED) is 0.759. The first-order valence-corrected chi connectivity index (χ1v) is 5.84. The highest BCUT2D eigenvalue weighted by atomic mass is 19.1. The number of nitrogens with two attached hydrogens (primary N) is 1. The number of nitrogens with zero attached hydrogens (tertiary/aromatic N) is 1. The summed E-state index contributed by atoms with van der Waals surface area (Å²) in [5, 5.41) is 0. The van der Waals surface area contributed by atoms with Crippen molar-refractivity contribution in [3.8, 4) is 0 Å². The SMILES string of the molecule is CC1CN(C(=O)c2cccc(F)c2N)CC1C. The lowest BCUT2D eigenvalue weighted by molar-refractivity contribution is 0.0785. The first-order chi connectivity index (χ1) is 8.00. The van der Waals surface area contributed by atoms with E-state index in [0.717, 1.165) is 13.1 Å². The zero-order valence-corrected chi connectivity index (χ0v) is 10.1. The number of hydrogen-bond donors (Lipinski definition) is 1. The second kappa shape index (κ2) is 4.35. The molecule has 0 aromatic heterocycles. The van der Waals surface area contributed by atoms with Crippen molar-refractivity contribution in [2.75, 3.05) is 18.8 Å². The molecule has 0 aliphatic carbocycles. The fourth-order valence-corrected chi connectivity index (χ4v) is 2.19. The molecule has 1 aromatic rings. The van der Waals surface area contributed by atoms with Gasteiger partial charge in [-0.15, -0.1) is 0 Å². The average molecular weight is 236 g/mol. The van der Waals surface area contributed by atoms with Crippen LogP contribution in [0, 0.1) is 17.7 Å². The van der Waals surface area contributed by atoms with Gasteiger partial charge >= 0.3 is 0 Å². The molecule has 1 saturated heterocycles. The monoisotopic (exact) mass is 236 g/mol. The van der Waals surface area contributed by atoms with Gasteiger partial charge in [-0.2, -0.15) is 0 Å². The van der Waals surface area contributed by atoms with E-state index in [2.05, 4.69) is 13.8 Å². The van der Waals surface area contributed by atoms with E-state index in [-0.39, 0.29) is 17.2 Å². The topological polar surface area (TPSA) is 46.3 Å². The van der Waals surface area contributed by atoms with E-state index in [0.29, 0.717) is 11.8 Å². The Bertz CT molecular complexity index is 437. The van der Waals surface area contributed by atoms with Gasteiger partial charge in [-0.3, -0.25) is 4.79 Å². The molecule has 1 aliphatic rings.